The van der Waals surface area contributed by atoms with E-state index in [1.165, 1.54) is 0 Å². The molecule has 2 aromatic rings. The van der Waals surface area contributed by atoms with Crippen LogP contribution in [0.3, 0.4) is 0 Å². The zero-order valence-corrected chi connectivity index (χ0v) is 14.3. The molecular formula is C15H21N3O3S. The second-order valence-corrected chi connectivity index (χ2v) is 5.88. The number of hydrazine groups is 1. The summed E-state index contributed by atoms with van der Waals surface area (Å²) < 4.78 is 16.1. The van der Waals surface area contributed by atoms with E-state index in [0.717, 1.165) is 15.4 Å². The summed E-state index contributed by atoms with van der Waals surface area (Å²) in [7, 11) is 8.72. The first kappa shape index (κ1) is 16.5. The van der Waals surface area contributed by atoms with Crippen LogP contribution in [0.2, 0.25) is 0 Å². The topological polar surface area (TPSA) is 55.9 Å². The van der Waals surface area contributed by atoms with E-state index in [1.54, 1.807) is 32.7 Å². The Kier molecular flexibility index (Phi) is 5.59. The minimum absolute atomic E-state index is 0.591. The van der Waals surface area contributed by atoms with Crippen LogP contribution < -0.4 is 19.6 Å². The molecular weight excluding hydrogens is 302 g/mol. The number of aromatic nitrogens is 1. The molecule has 0 amide bonds. The molecule has 22 heavy (non-hydrogen) atoms. The summed E-state index contributed by atoms with van der Waals surface area (Å²) in [6, 6.07) is 3.86. The van der Waals surface area contributed by atoms with Crippen LogP contribution in [0, 0.1) is 0 Å². The maximum absolute atomic E-state index is 5.39. The van der Waals surface area contributed by atoms with Crippen LogP contribution >= 0.6 is 11.3 Å². The number of methoxy groups -OCH3 is 3. The Morgan fingerprint density at radius 2 is 1.73 bits per heavy atom. The molecule has 120 valence electrons. The van der Waals surface area contributed by atoms with E-state index >= 15 is 0 Å². The number of ether oxygens (including phenoxy) is 3. The van der Waals surface area contributed by atoms with Crippen LogP contribution in [0.1, 0.15) is 5.01 Å². The summed E-state index contributed by atoms with van der Waals surface area (Å²) in [5.74, 6) is 1.86. The molecule has 0 saturated heterocycles. The lowest BCUT2D eigenvalue weighted by Gasteiger charge is -2.13. The quantitative estimate of drug-likeness (QED) is 0.790. The largest absolute Gasteiger partial charge is 0.493 e. The third-order valence-corrected chi connectivity index (χ3v) is 4.10. The van der Waals surface area contributed by atoms with Crippen molar-refractivity contribution in [2.45, 2.75) is 6.54 Å². The van der Waals surface area contributed by atoms with Crippen molar-refractivity contribution in [1.82, 2.24) is 15.4 Å². The molecule has 0 spiro atoms. The van der Waals surface area contributed by atoms with Gasteiger partial charge in [-0.25, -0.2) is 10.4 Å². The van der Waals surface area contributed by atoms with Gasteiger partial charge >= 0.3 is 0 Å². The van der Waals surface area contributed by atoms with E-state index < -0.39 is 0 Å². The zero-order valence-electron chi connectivity index (χ0n) is 13.5. The Balaban J connectivity index is 2.32. The SMILES string of the molecule is COc1cc(-c2cnc(CNN(C)C)s2)cc(OC)c1OC. The van der Waals surface area contributed by atoms with Crippen molar-refractivity contribution in [3.8, 4) is 27.7 Å². The highest BCUT2D eigenvalue weighted by atomic mass is 32.1. The first-order valence-electron chi connectivity index (χ1n) is 6.75. The third kappa shape index (κ3) is 3.68. The molecule has 0 aliphatic heterocycles. The van der Waals surface area contributed by atoms with Crippen molar-refractivity contribution in [2.24, 2.45) is 0 Å². The molecule has 1 aromatic carbocycles. The molecule has 1 heterocycles. The Hall–Kier alpha value is -1.83. The number of thiazole rings is 1. The minimum Gasteiger partial charge on any atom is -0.493 e. The normalized spacial score (nSPS) is 10.8. The van der Waals surface area contributed by atoms with Crippen molar-refractivity contribution in [3.05, 3.63) is 23.3 Å². The maximum Gasteiger partial charge on any atom is 0.203 e. The number of hydrogen-bond donors (Lipinski definition) is 1. The van der Waals surface area contributed by atoms with Crippen molar-refractivity contribution in [2.75, 3.05) is 35.4 Å². The molecule has 1 N–H and O–H groups in total. The van der Waals surface area contributed by atoms with Crippen LogP contribution in [-0.4, -0.2) is 45.4 Å². The fourth-order valence-corrected chi connectivity index (χ4v) is 2.81. The van der Waals surface area contributed by atoms with Crippen LogP contribution in [0.4, 0.5) is 0 Å². The van der Waals surface area contributed by atoms with Gasteiger partial charge in [-0.3, -0.25) is 5.01 Å². The fraction of sp³-hybridized carbons (Fsp3) is 0.400. The standard InChI is InChI=1S/C15H21N3O3S/c1-18(2)17-9-14-16-8-13(22-14)10-6-11(19-3)15(21-5)12(7-10)20-4/h6-8,17H,9H2,1-5H3. The minimum atomic E-state index is 0.591. The van der Waals surface area contributed by atoms with E-state index in [0.29, 0.717) is 23.8 Å². The Morgan fingerprint density at radius 3 is 2.23 bits per heavy atom. The van der Waals surface area contributed by atoms with Crippen LogP contribution in [0.15, 0.2) is 18.3 Å². The first-order chi connectivity index (χ1) is 10.6. The number of benzene rings is 1. The second-order valence-electron chi connectivity index (χ2n) is 4.76. The molecule has 0 saturated carbocycles. The molecule has 0 fully saturated rings. The fourth-order valence-electron chi connectivity index (χ4n) is 1.97. The summed E-state index contributed by atoms with van der Waals surface area (Å²) in [6.45, 7) is 0.697. The van der Waals surface area contributed by atoms with Gasteiger partial charge in [0.1, 0.15) is 5.01 Å². The molecule has 6 nitrogen and oxygen atoms in total. The van der Waals surface area contributed by atoms with Gasteiger partial charge in [0.25, 0.3) is 0 Å². The zero-order chi connectivity index (χ0) is 16.1. The van der Waals surface area contributed by atoms with Gasteiger partial charge < -0.3 is 14.2 Å². The van der Waals surface area contributed by atoms with Gasteiger partial charge in [-0.15, -0.1) is 11.3 Å². The van der Waals surface area contributed by atoms with Gasteiger partial charge in [0, 0.05) is 25.9 Å². The van der Waals surface area contributed by atoms with Crippen molar-refractivity contribution in [1.29, 1.82) is 0 Å². The number of rotatable bonds is 7. The van der Waals surface area contributed by atoms with E-state index in [1.807, 2.05) is 37.4 Å². The average Bonchev–Trinajstić information content (AvgIpc) is 3.00. The predicted octanol–water partition coefficient (Wildman–Crippen LogP) is 2.40. The van der Waals surface area contributed by atoms with Crippen molar-refractivity contribution >= 4 is 11.3 Å². The van der Waals surface area contributed by atoms with E-state index in [-0.39, 0.29) is 0 Å². The third-order valence-electron chi connectivity index (χ3n) is 3.05. The van der Waals surface area contributed by atoms with Gasteiger partial charge in [-0.1, -0.05) is 0 Å². The molecule has 7 heteroatoms. The lowest BCUT2D eigenvalue weighted by molar-refractivity contribution is 0.286. The van der Waals surface area contributed by atoms with Gasteiger partial charge in [0.05, 0.1) is 32.8 Å². The Labute approximate surface area is 134 Å². The van der Waals surface area contributed by atoms with E-state index in [4.69, 9.17) is 14.2 Å². The summed E-state index contributed by atoms with van der Waals surface area (Å²) in [6.07, 6.45) is 1.86. The van der Waals surface area contributed by atoms with Crippen molar-refractivity contribution in [3.63, 3.8) is 0 Å². The summed E-state index contributed by atoms with van der Waals surface area (Å²) >= 11 is 1.63. The molecule has 2 rings (SSSR count). The Bertz CT molecular complexity index is 603. The number of nitrogens with zero attached hydrogens (tertiary/aromatic N) is 2. The van der Waals surface area contributed by atoms with Gasteiger partial charge in [0.15, 0.2) is 11.5 Å². The number of nitrogens with one attached hydrogen (secondary N) is 1. The predicted molar refractivity (Wildman–Crippen MR) is 87.7 cm³/mol. The highest BCUT2D eigenvalue weighted by Gasteiger charge is 2.15. The summed E-state index contributed by atoms with van der Waals surface area (Å²) in [4.78, 5) is 5.49. The summed E-state index contributed by atoms with van der Waals surface area (Å²) in [5.41, 5.74) is 4.19. The molecule has 0 radical (unpaired) electrons. The first-order valence-corrected chi connectivity index (χ1v) is 7.56. The molecule has 0 atom stereocenters. The average molecular weight is 323 g/mol. The Morgan fingerprint density at radius 1 is 1.09 bits per heavy atom. The molecule has 0 aliphatic rings. The van der Waals surface area contributed by atoms with Gasteiger partial charge in [-0.05, 0) is 12.1 Å². The van der Waals surface area contributed by atoms with Crippen LogP contribution in [0.5, 0.6) is 17.2 Å². The van der Waals surface area contributed by atoms with Crippen molar-refractivity contribution < 1.29 is 14.2 Å². The van der Waals surface area contributed by atoms with Crippen LogP contribution in [0.25, 0.3) is 10.4 Å². The lowest BCUT2D eigenvalue weighted by Crippen LogP contribution is -2.29. The highest BCUT2D eigenvalue weighted by Crippen LogP contribution is 2.42. The number of hydrogen-bond acceptors (Lipinski definition) is 7. The van der Waals surface area contributed by atoms with Gasteiger partial charge in [0.2, 0.25) is 5.75 Å². The monoisotopic (exact) mass is 323 g/mol. The van der Waals surface area contributed by atoms with E-state index in [9.17, 15) is 0 Å². The molecule has 0 aliphatic carbocycles. The maximum atomic E-state index is 5.39. The molecule has 0 unspecified atom stereocenters. The lowest BCUT2D eigenvalue weighted by atomic mass is 10.1. The van der Waals surface area contributed by atoms with Gasteiger partial charge in [-0.2, -0.15) is 0 Å². The molecule has 0 bridgehead atoms. The highest BCUT2D eigenvalue weighted by molar-refractivity contribution is 7.15. The second kappa shape index (κ2) is 7.44. The summed E-state index contributed by atoms with van der Waals surface area (Å²) in [5, 5.41) is 2.91. The smallest absolute Gasteiger partial charge is 0.203 e. The van der Waals surface area contributed by atoms with E-state index in [2.05, 4.69) is 10.4 Å². The van der Waals surface area contributed by atoms with Crippen LogP contribution in [-0.2, 0) is 6.54 Å². The molecule has 1 aromatic heterocycles.